The lowest BCUT2D eigenvalue weighted by atomic mass is 10.0. The van der Waals surface area contributed by atoms with Gasteiger partial charge in [-0.05, 0) is 42.0 Å². The lowest BCUT2D eigenvalue weighted by molar-refractivity contribution is -0.143. The monoisotopic (exact) mass is 517 g/mol. The number of hydrogen-bond acceptors (Lipinski definition) is 5. The van der Waals surface area contributed by atoms with E-state index in [0.29, 0.717) is 23.4 Å². The first-order valence-corrected chi connectivity index (χ1v) is 10.9. The molecule has 0 radical (unpaired) electrons. The molecule has 0 N–H and O–H groups in total. The van der Waals surface area contributed by atoms with Crippen LogP contribution in [0.25, 0.3) is 11.3 Å². The number of pyridine rings is 1. The molecule has 5 nitrogen and oxygen atoms in total. The zero-order chi connectivity index (χ0) is 26.2. The number of amidine groups is 1. The smallest absolute Gasteiger partial charge is 0.416 e. The van der Waals surface area contributed by atoms with E-state index in [-0.39, 0.29) is 29.8 Å². The summed E-state index contributed by atoms with van der Waals surface area (Å²) in [5.41, 5.74) is -1.24. The lowest BCUT2D eigenvalue weighted by Crippen LogP contribution is -2.31. The molecule has 4 aromatic rings. The van der Waals surface area contributed by atoms with Crippen LogP contribution >= 0.6 is 0 Å². The van der Waals surface area contributed by atoms with Gasteiger partial charge < -0.3 is 14.2 Å². The Balaban J connectivity index is 1.60. The van der Waals surface area contributed by atoms with Crippen LogP contribution in [-0.2, 0) is 23.7 Å². The zero-order valence-electron chi connectivity index (χ0n) is 18.8. The summed E-state index contributed by atoms with van der Waals surface area (Å²) in [4.78, 5) is 11.3. The highest BCUT2D eigenvalue weighted by Crippen LogP contribution is 2.41. The van der Waals surface area contributed by atoms with Gasteiger partial charge in [-0.25, -0.2) is 0 Å². The Morgan fingerprint density at radius 2 is 1.51 bits per heavy atom. The van der Waals surface area contributed by atoms with Gasteiger partial charge in [0.25, 0.3) is 0 Å². The SMILES string of the molecule is FC(F)(F)c1cc(C2ON=C(c3ccco3)N2Cc2cccnc2-c2ccccc2)cc(C(F)(F)F)c1. The van der Waals surface area contributed by atoms with Crippen LogP contribution < -0.4 is 0 Å². The number of halogens is 6. The van der Waals surface area contributed by atoms with Gasteiger partial charge in [-0.15, -0.1) is 0 Å². The molecule has 11 heteroatoms. The van der Waals surface area contributed by atoms with Crippen LogP contribution in [-0.4, -0.2) is 15.7 Å². The van der Waals surface area contributed by atoms with E-state index in [1.54, 1.807) is 30.5 Å². The molecule has 1 atom stereocenters. The minimum Gasteiger partial charge on any atom is -0.461 e. The molecule has 1 aliphatic rings. The molecule has 3 heterocycles. The average Bonchev–Trinajstić information content (AvgIpc) is 3.54. The second kappa shape index (κ2) is 9.30. The number of hydrogen-bond donors (Lipinski definition) is 0. The van der Waals surface area contributed by atoms with Crippen LogP contribution in [0.4, 0.5) is 26.3 Å². The number of alkyl halides is 6. The van der Waals surface area contributed by atoms with Gasteiger partial charge in [0, 0.05) is 17.3 Å². The second-order valence-corrected chi connectivity index (χ2v) is 8.19. The Morgan fingerprint density at radius 1 is 0.811 bits per heavy atom. The molecule has 0 aliphatic carbocycles. The third kappa shape index (κ3) is 5.02. The van der Waals surface area contributed by atoms with Crippen LogP contribution in [0.2, 0.25) is 0 Å². The number of aromatic nitrogens is 1. The second-order valence-electron chi connectivity index (χ2n) is 8.19. The van der Waals surface area contributed by atoms with Crippen molar-refractivity contribution in [1.82, 2.24) is 9.88 Å². The fraction of sp³-hybridized carbons (Fsp3) is 0.154. The quantitative estimate of drug-likeness (QED) is 0.261. The predicted octanol–water partition coefficient (Wildman–Crippen LogP) is 7.27. The van der Waals surface area contributed by atoms with E-state index < -0.39 is 29.7 Å². The fourth-order valence-electron chi connectivity index (χ4n) is 4.04. The van der Waals surface area contributed by atoms with E-state index in [0.717, 1.165) is 5.56 Å². The highest BCUT2D eigenvalue weighted by atomic mass is 19.4. The molecular formula is C26H17F6N3O2. The molecule has 190 valence electrons. The maximum atomic E-state index is 13.5. The summed E-state index contributed by atoms with van der Waals surface area (Å²) in [6.45, 7) is -0.000135. The van der Waals surface area contributed by atoms with Crippen molar-refractivity contribution >= 4 is 5.84 Å². The third-order valence-electron chi connectivity index (χ3n) is 5.71. The van der Waals surface area contributed by atoms with Gasteiger partial charge in [0.2, 0.25) is 12.1 Å². The summed E-state index contributed by atoms with van der Waals surface area (Å²) in [7, 11) is 0. The maximum Gasteiger partial charge on any atom is 0.416 e. The first-order valence-electron chi connectivity index (χ1n) is 10.9. The van der Waals surface area contributed by atoms with Gasteiger partial charge in [0.05, 0.1) is 29.6 Å². The molecule has 0 bridgehead atoms. The standard InChI is InChI=1S/C26H17F6N3O2/c27-25(28,29)19-12-18(13-20(14-19)26(30,31)32)24-35(23(34-37-24)21-9-5-11-36-21)15-17-8-4-10-33-22(17)16-6-2-1-3-7-16/h1-14,24H,15H2. The largest absolute Gasteiger partial charge is 0.461 e. The van der Waals surface area contributed by atoms with Gasteiger partial charge in [-0.2, -0.15) is 26.3 Å². The fourth-order valence-corrected chi connectivity index (χ4v) is 4.04. The molecule has 1 aliphatic heterocycles. The van der Waals surface area contributed by atoms with Crippen molar-refractivity contribution in [3.8, 4) is 11.3 Å². The van der Waals surface area contributed by atoms with Crippen LogP contribution in [0.5, 0.6) is 0 Å². The number of nitrogens with zero attached hydrogens (tertiary/aromatic N) is 3. The van der Waals surface area contributed by atoms with Crippen LogP contribution in [0, 0.1) is 0 Å². The van der Waals surface area contributed by atoms with Gasteiger partial charge in [-0.3, -0.25) is 4.98 Å². The van der Waals surface area contributed by atoms with Crippen molar-refractivity contribution in [2.75, 3.05) is 0 Å². The lowest BCUT2D eigenvalue weighted by Gasteiger charge is -2.27. The number of furan rings is 1. The molecule has 2 aromatic heterocycles. The molecule has 5 rings (SSSR count). The van der Waals surface area contributed by atoms with Gasteiger partial charge in [0.1, 0.15) is 0 Å². The Labute approximate surface area is 206 Å². The summed E-state index contributed by atoms with van der Waals surface area (Å²) in [6.07, 6.45) is -8.45. The number of rotatable bonds is 5. The molecule has 0 saturated carbocycles. The first kappa shape index (κ1) is 24.4. The van der Waals surface area contributed by atoms with Crippen molar-refractivity contribution in [3.63, 3.8) is 0 Å². The Hall–Kier alpha value is -4.28. The van der Waals surface area contributed by atoms with Crippen molar-refractivity contribution in [2.45, 2.75) is 25.1 Å². The molecule has 37 heavy (non-hydrogen) atoms. The summed E-state index contributed by atoms with van der Waals surface area (Å²) >= 11 is 0. The Bertz CT molecular complexity index is 1380. The highest BCUT2D eigenvalue weighted by Gasteiger charge is 2.41. The van der Waals surface area contributed by atoms with E-state index in [1.165, 1.54) is 11.2 Å². The Kier molecular flexibility index (Phi) is 6.14. The van der Waals surface area contributed by atoms with E-state index in [9.17, 15) is 26.3 Å². The number of benzene rings is 2. The molecule has 0 spiro atoms. The van der Waals surface area contributed by atoms with Crippen molar-refractivity contribution < 1.29 is 35.6 Å². The molecule has 0 fully saturated rings. The first-order chi connectivity index (χ1) is 17.6. The summed E-state index contributed by atoms with van der Waals surface area (Å²) < 4.78 is 86.6. The topological polar surface area (TPSA) is 50.9 Å². The molecule has 1 unspecified atom stereocenters. The summed E-state index contributed by atoms with van der Waals surface area (Å²) in [6, 6.07) is 17.1. The highest BCUT2D eigenvalue weighted by molar-refractivity contribution is 5.96. The van der Waals surface area contributed by atoms with Crippen molar-refractivity contribution in [2.24, 2.45) is 5.16 Å². The van der Waals surface area contributed by atoms with Gasteiger partial charge in [0.15, 0.2) is 5.76 Å². The van der Waals surface area contributed by atoms with Crippen molar-refractivity contribution in [1.29, 1.82) is 0 Å². The van der Waals surface area contributed by atoms with E-state index in [4.69, 9.17) is 9.25 Å². The minimum atomic E-state index is -5.01. The molecule has 2 aromatic carbocycles. The van der Waals surface area contributed by atoms with E-state index in [2.05, 4.69) is 10.1 Å². The van der Waals surface area contributed by atoms with E-state index >= 15 is 0 Å². The predicted molar refractivity (Wildman–Crippen MR) is 121 cm³/mol. The average molecular weight is 517 g/mol. The summed E-state index contributed by atoms with van der Waals surface area (Å²) in [5, 5.41) is 3.97. The Morgan fingerprint density at radius 3 is 2.14 bits per heavy atom. The van der Waals surface area contributed by atoms with Gasteiger partial charge in [-0.1, -0.05) is 41.6 Å². The van der Waals surface area contributed by atoms with Crippen LogP contribution in [0.15, 0.2) is 94.8 Å². The van der Waals surface area contributed by atoms with E-state index in [1.807, 2.05) is 30.3 Å². The van der Waals surface area contributed by atoms with Gasteiger partial charge >= 0.3 is 12.4 Å². The third-order valence-corrected chi connectivity index (χ3v) is 5.71. The number of oxime groups is 1. The normalized spacial score (nSPS) is 16.0. The van der Waals surface area contributed by atoms with Crippen LogP contribution in [0.1, 0.15) is 34.2 Å². The summed E-state index contributed by atoms with van der Waals surface area (Å²) in [5.74, 6) is 0.347. The molecule has 0 saturated heterocycles. The maximum absolute atomic E-state index is 13.5. The zero-order valence-corrected chi connectivity index (χ0v) is 18.8. The molecular weight excluding hydrogens is 500 g/mol. The minimum absolute atomic E-state index is 0.000135. The molecule has 0 amide bonds. The van der Waals surface area contributed by atoms with Crippen molar-refractivity contribution in [3.05, 3.63) is 113 Å². The van der Waals surface area contributed by atoms with Crippen LogP contribution in [0.3, 0.4) is 0 Å².